The molecule has 3 unspecified atom stereocenters. The third-order valence-corrected chi connectivity index (χ3v) is 12.0. The molecule has 2 heterocycles. The van der Waals surface area contributed by atoms with Gasteiger partial charge in [-0.05, 0) is 81.5 Å². The quantitative estimate of drug-likeness (QED) is 0.0266. The number of hydrogen-bond donors (Lipinski definition) is 10. The van der Waals surface area contributed by atoms with Crippen molar-refractivity contribution < 1.29 is 24.0 Å². The van der Waals surface area contributed by atoms with Crippen molar-refractivity contribution in [1.29, 1.82) is 10.8 Å². The molecule has 0 spiro atoms. The van der Waals surface area contributed by atoms with Crippen LogP contribution in [0.25, 0.3) is 20.4 Å². The number of nitrogens with zero attached hydrogens (tertiary/aromatic N) is 2. The lowest BCUT2D eigenvalue weighted by atomic mass is 9.94. The molecule has 0 radical (unpaired) electrons. The number of ketones is 2. The summed E-state index contributed by atoms with van der Waals surface area (Å²) in [4.78, 5) is 76.2. The number of hydrogen-bond acceptors (Lipinski definition) is 12. The molecule has 5 rings (SSSR count). The number of carbonyl (C=O) groups is 5. The number of nitrogens with one attached hydrogen (secondary N) is 7. The number of amides is 3. The summed E-state index contributed by atoms with van der Waals surface area (Å²) < 4.78 is 1.69. The zero-order valence-corrected chi connectivity index (χ0v) is 33.3. The standard InChI is InChI=1S/C38H50N12O5S2/c1-20(51)46-28(34(55)48-27(11-7-17-45-38(42)43)32(53)36-50-25-9-3-5-13-30(25)57-36)15-14-21-18-22(19-23(21)39)33(54)47-26(10-6-16-44-37(40)41)31(52)35-49-24-8-2-4-12-29(24)56-35/h2-5,8-9,12-13,21-23,26-28H,6-7,10-11,14-19,39H2,1H3,(H,46,51)(H,47,54)(H,48,55)(H4,40,41,44)(H4,42,43,45)/t21?,22-,23-,26?,27?,28-/m0/s1. The molecule has 0 saturated heterocycles. The van der Waals surface area contributed by atoms with Gasteiger partial charge in [0, 0.05) is 32.0 Å². The summed E-state index contributed by atoms with van der Waals surface area (Å²) in [6, 6.07) is 11.6. The topological polar surface area (TPSA) is 297 Å². The molecule has 2 aromatic carbocycles. The number of para-hydroxylation sites is 2. The summed E-state index contributed by atoms with van der Waals surface area (Å²) in [6.45, 7) is 1.97. The largest absolute Gasteiger partial charge is 0.370 e. The van der Waals surface area contributed by atoms with Gasteiger partial charge in [0.05, 0.1) is 32.5 Å². The minimum absolute atomic E-state index is 0.166. The van der Waals surface area contributed by atoms with E-state index in [4.69, 9.17) is 28.0 Å². The van der Waals surface area contributed by atoms with Gasteiger partial charge >= 0.3 is 0 Å². The zero-order chi connectivity index (χ0) is 41.1. The number of aromatic nitrogens is 2. The van der Waals surface area contributed by atoms with Crippen molar-refractivity contribution in [2.45, 2.75) is 82.5 Å². The predicted molar refractivity (Wildman–Crippen MR) is 221 cm³/mol. The van der Waals surface area contributed by atoms with Crippen molar-refractivity contribution >= 4 is 84.3 Å². The van der Waals surface area contributed by atoms with E-state index in [2.05, 4.69) is 36.6 Å². The van der Waals surface area contributed by atoms with Gasteiger partial charge in [-0.3, -0.25) is 34.8 Å². The van der Waals surface area contributed by atoms with E-state index in [1.54, 1.807) is 6.07 Å². The van der Waals surface area contributed by atoms with Crippen LogP contribution in [-0.4, -0.2) is 88.4 Å². The Morgan fingerprint density at radius 2 is 1.25 bits per heavy atom. The number of guanidine groups is 2. The number of thiazole rings is 2. The number of benzene rings is 2. The second-order valence-corrected chi connectivity index (χ2v) is 16.3. The molecule has 2 aromatic heterocycles. The molecule has 4 aromatic rings. The van der Waals surface area contributed by atoms with Crippen molar-refractivity contribution in [1.82, 2.24) is 36.6 Å². The van der Waals surface area contributed by atoms with Crippen LogP contribution in [0.2, 0.25) is 0 Å². The fourth-order valence-electron chi connectivity index (χ4n) is 7.01. The number of nitrogens with two attached hydrogens (primary N) is 3. The van der Waals surface area contributed by atoms with Crippen LogP contribution in [0, 0.1) is 22.7 Å². The zero-order valence-electron chi connectivity index (χ0n) is 31.6. The maximum atomic E-state index is 13.8. The van der Waals surface area contributed by atoms with Crippen LogP contribution >= 0.6 is 22.7 Å². The molecule has 6 atom stereocenters. The average molecular weight is 819 g/mol. The Hall–Kier alpha value is -5.53. The molecule has 1 aliphatic carbocycles. The van der Waals surface area contributed by atoms with Gasteiger partial charge < -0.3 is 43.8 Å². The highest BCUT2D eigenvalue weighted by Gasteiger charge is 2.38. The molecule has 17 nitrogen and oxygen atoms in total. The predicted octanol–water partition coefficient (Wildman–Crippen LogP) is 2.11. The summed E-state index contributed by atoms with van der Waals surface area (Å²) in [5.41, 5.74) is 18.8. The van der Waals surface area contributed by atoms with Gasteiger partial charge in [0.2, 0.25) is 29.3 Å². The maximum absolute atomic E-state index is 13.8. The Bertz CT molecular complexity index is 2040. The second kappa shape index (κ2) is 20.1. The molecule has 304 valence electrons. The van der Waals surface area contributed by atoms with Gasteiger partial charge in [0.15, 0.2) is 21.9 Å². The first-order chi connectivity index (χ1) is 27.3. The first-order valence-corrected chi connectivity index (χ1v) is 20.5. The summed E-state index contributed by atoms with van der Waals surface area (Å²) in [5, 5.41) is 29.3. The van der Waals surface area contributed by atoms with Crippen LogP contribution in [0.4, 0.5) is 0 Å². The maximum Gasteiger partial charge on any atom is 0.243 e. The van der Waals surface area contributed by atoms with Crippen LogP contribution < -0.4 is 43.8 Å². The van der Waals surface area contributed by atoms with E-state index in [0.717, 1.165) is 9.40 Å². The summed E-state index contributed by atoms with van der Waals surface area (Å²) in [6.07, 6.45) is 2.80. The smallest absolute Gasteiger partial charge is 0.243 e. The monoisotopic (exact) mass is 818 g/mol. The fourth-order valence-corrected chi connectivity index (χ4v) is 8.93. The molecule has 1 fully saturated rings. The highest BCUT2D eigenvalue weighted by molar-refractivity contribution is 7.20. The molecule has 19 heteroatoms. The summed E-state index contributed by atoms with van der Waals surface area (Å²) >= 11 is 2.49. The summed E-state index contributed by atoms with van der Waals surface area (Å²) in [7, 11) is 0. The first-order valence-electron chi connectivity index (χ1n) is 18.9. The second-order valence-electron chi connectivity index (χ2n) is 14.2. The minimum atomic E-state index is -0.983. The molecule has 0 aliphatic heterocycles. The van der Waals surface area contributed by atoms with E-state index in [1.165, 1.54) is 29.6 Å². The molecule has 0 bridgehead atoms. The number of Topliss-reactive ketones (excluding diaryl/α,β-unsaturated/α-hetero) is 2. The Kier molecular flexibility index (Phi) is 15.0. The number of carbonyl (C=O) groups excluding carboxylic acids is 5. The van der Waals surface area contributed by atoms with Gasteiger partial charge in [-0.15, -0.1) is 22.7 Å². The minimum Gasteiger partial charge on any atom is -0.370 e. The lowest BCUT2D eigenvalue weighted by Gasteiger charge is -2.24. The van der Waals surface area contributed by atoms with Crippen LogP contribution in [0.3, 0.4) is 0 Å². The Morgan fingerprint density at radius 3 is 1.74 bits per heavy atom. The van der Waals surface area contributed by atoms with Crippen LogP contribution in [-0.2, 0) is 14.4 Å². The average Bonchev–Trinajstić information content (AvgIpc) is 3.91. The van der Waals surface area contributed by atoms with Gasteiger partial charge in [-0.25, -0.2) is 9.97 Å². The van der Waals surface area contributed by atoms with Gasteiger partial charge in [-0.1, -0.05) is 24.3 Å². The van der Waals surface area contributed by atoms with Crippen molar-refractivity contribution in [3.63, 3.8) is 0 Å². The Labute approximate surface area is 337 Å². The van der Waals surface area contributed by atoms with Crippen LogP contribution in [0.1, 0.15) is 77.9 Å². The van der Waals surface area contributed by atoms with E-state index < -0.39 is 35.9 Å². The van der Waals surface area contributed by atoms with E-state index in [0.29, 0.717) is 67.7 Å². The van der Waals surface area contributed by atoms with Gasteiger partial charge in [0.1, 0.15) is 6.04 Å². The van der Waals surface area contributed by atoms with E-state index in [-0.39, 0.29) is 59.2 Å². The van der Waals surface area contributed by atoms with Crippen molar-refractivity contribution in [2.75, 3.05) is 13.1 Å². The third kappa shape index (κ3) is 12.0. The molecular formula is C38H50N12O5S2. The lowest BCUT2D eigenvalue weighted by molar-refractivity contribution is -0.128. The van der Waals surface area contributed by atoms with Crippen molar-refractivity contribution in [3.05, 3.63) is 58.5 Å². The Balaban J connectivity index is 1.22. The third-order valence-electron chi connectivity index (χ3n) is 9.89. The van der Waals surface area contributed by atoms with E-state index >= 15 is 0 Å². The van der Waals surface area contributed by atoms with E-state index in [1.807, 2.05) is 42.5 Å². The van der Waals surface area contributed by atoms with Crippen molar-refractivity contribution in [3.8, 4) is 0 Å². The first kappa shape index (κ1) is 42.6. The normalized spacial score (nSPS) is 18.0. The number of fused-ring (bicyclic) bond motifs is 2. The highest BCUT2D eigenvalue weighted by atomic mass is 32.1. The van der Waals surface area contributed by atoms with Crippen molar-refractivity contribution in [2.24, 2.45) is 29.0 Å². The fraction of sp³-hybridized carbons (Fsp3) is 0.447. The molecule has 13 N–H and O–H groups in total. The van der Waals surface area contributed by atoms with E-state index in [9.17, 15) is 24.0 Å². The van der Waals surface area contributed by atoms with Crippen LogP contribution in [0.15, 0.2) is 48.5 Å². The highest BCUT2D eigenvalue weighted by Crippen LogP contribution is 2.34. The molecule has 3 amide bonds. The Morgan fingerprint density at radius 1 is 0.737 bits per heavy atom. The van der Waals surface area contributed by atoms with Gasteiger partial charge in [0.25, 0.3) is 0 Å². The molecule has 1 saturated carbocycles. The number of rotatable bonds is 20. The van der Waals surface area contributed by atoms with Crippen LogP contribution in [0.5, 0.6) is 0 Å². The molecule has 1 aliphatic rings. The lowest BCUT2D eigenvalue weighted by Crippen LogP contribution is -2.51. The van der Waals surface area contributed by atoms with Gasteiger partial charge in [-0.2, -0.15) is 0 Å². The molecular weight excluding hydrogens is 769 g/mol. The molecule has 57 heavy (non-hydrogen) atoms. The SMILES string of the molecule is CC(=O)N[C@@H](CCC1C[C@H](C(=O)NC(CCCNC(=N)N)C(=O)c2nc3ccccc3s2)C[C@@H]1N)C(=O)NC(CCCNC(=N)N)C(=O)c1nc2ccccc2s1. The summed E-state index contributed by atoms with van der Waals surface area (Å²) in [5.74, 6) is -2.99.